The van der Waals surface area contributed by atoms with Gasteiger partial charge in [-0.15, -0.1) is 0 Å². The number of rotatable bonds is 2. The molecule has 5 atom stereocenters. The molecule has 0 N–H and O–H groups in total. The van der Waals surface area contributed by atoms with Gasteiger partial charge >= 0.3 is 0 Å². The van der Waals surface area contributed by atoms with Crippen LogP contribution in [-0.4, -0.2) is 12.7 Å². The molecule has 0 unspecified atom stereocenters. The molecule has 3 fully saturated rings. The highest BCUT2D eigenvalue weighted by Crippen LogP contribution is 2.59. The summed E-state index contributed by atoms with van der Waals surface area (Å²) >= 11 is 0. The van der Waals surface area contributed by atoms with Gasteiger partial charge < -0.3 is 4.74 Å². The van der Waals surface area contributed by atoms with Crippen LogP contribution in [0.3, 0.4) is 0 Å². The lowest BCUT2D eigenvalue weighted by Crippen LogP contribution is -2.30. The minimum absolute atomic E-state index is 0.648. The standard InChI is InChI=1S/C12H20O/c1-2-13-12-7-8-6-11(12)10-5-3-4-9(8)10/h8-12H,2-7H2,1H3/t8-,9+,10+,11-,12-/m1/s1. The Bertz CT molecular complexity index is 201. The third-order valence-corrected chi connectivity index (χ3v) is 4.75. The van der Waals surface area contributed by atoms with E-state index >= 15 is 0 Å². The zero-order valence-electron chi connectivity index (χ0n) is 8.54. The highest BCUT2D eigenvalue weighted by molar-refractivity contribution is 5.03. The van der Waals surface area contributed by atoms with E-state index in [1.807, 2.05) is 0 Å². The molecule has 0 spiro atoms. The second-order valence-electron chi connectivity index (χ2n) is 5.15. The van der Waals surface area contributed by atoms with E-state index < -0.39 is 0 Å². The summed E-state index contributed by atoms with van der Waals surface area (Å²) in [6, 6.07) is 0. The third kappa shape index (κ3) is 1.09. The van der Waals surface area contributed by atoms with Crippen LogP contribution in [0.4, 0.5) is 0 Å². The molecule has 0 aromatic rings. The first-order chi connectivity index (χ1) is 6.40. The van der Waals surface area contributed by atoms with Gasteiger partial charge in [0.15, 0.2) is 0 Å². The van der Waals surface area contributed by atoms with E-state index in [4.69, 9.17) is 4.74 Å². The molecule has 3 rings (SSSR count). The first kappa shape index (κ1) is 8.28. The Morgan fingerprint density at radius 2 is 1.92 bits per heavy atom. The van der Waals surface area contributed by atoms with E-state index in [1.165, 1.54) is 32.1 Å². The zero-order valence-corrected chi connectivity index (χ0v) is 8.54. The molecule has 1 heteroatoms. The highest BCUT2D eigenvalue weighted by atomic mass is 16.5. The maximum absolute atomic E-state index is 5.84. The average molecular weight is 180 g/mol. The number of hydrogen-bond acceptors (Lipinski definition) is 1. The molecule has 1 nitrogen and oxygen atoms in total. The van der Waals surface area contributed by atoms with Crippen molar-refractivity contribution < 1.29 is 4.74 Å². The molecule has 3 aliphatic rings. The summed E-state index contributed by atoms with van der Waals surface area (Å²) in [5, 5.41) is 0. The average Bonchev–Trinajstić information content (AvgIpc) is 2.72. The zero-order chi connectivity index (χ0) is 8.84. The maximum Gasteiger partial charge on any atom is 0.0608 e. The molecule has 13 heavy (non-hydrogen) atoms. The van der Waals surface area contributed by atoms with E-state index in [9.17, 15) is 0 Å². The summed E-state index contributed by atoms with van der Waals surface area (Å²) in [7, 11) is 0. The molecule has 0 amide bonds. The van der Waals surface area contributed by atoms with Gasteiger partial charge in [-0.3, -0.25) is 0 Å². The molecule has 3 saturated carbocycles. The SMILES string of the molecule is CCO[C@@H]1C[C@H]2C[C@@H]1[C@H]1CCC[C@@H]21. The van der Waals surface area contributed by atoms with Crippen molar-refractivity contribution >= 4 is 0 Å². The van der Waals surface area contributed by atoms with Crippen molar-refractivity contribution in [2.75, 3.05) is 6.61 Å². The summed E-state index contributed by atoms with van der Waals surface area (Å²) < 4.78 is 5.84. The van der Waals surface area contributed by atoms with Crippen molar-refractivity contribution in [1.82, 2.24) is 0 Å². The van der Waals surface area contributed by atoms with Gasteiger partial charge in [-0.2, -0.15) is 0 Å². The predicted octanol–water partition coefficient (Wildman–Crippen LogP) is 2.85. The molecule has 0 saturated heterocycles. The van der Waals surface area contributed by atoms with Crippen LogP contribution in [0.1, 0.15) is 39.0 Å². The van der Waals surface area contributed by atoms with Gasteiger partial charge in [0.1, 0.15) is 0 Å². The van der Waals surface area contributed by atoms with Gasteiger partial charge in [0.25, 0.3) is 0 Å². The fourth-order valence-electron chi connectivity index (χ4n) is 4.41. The van der Waals surface area contributed by atoms with Crippen molar-refractivity contribution in [2.45, 2.75) is 45.1 Å². The van der Waals surface area contributed by atoms with Crippen molar-refractivity contribution in [3.63, 3.8) is 0 Å². The van der Waals surface area contributed by atoms with Gasteiger partial charge in [0.2, 0.25) is 0 Å². The van der Waals surface area contributed by atoms with Crippen molar-refractivity contribution in [1.29, 1.82) is 0 Å². The molecule has 2 bridgehead atoms. The summed E-state index contributed by atoms with van der Waals surface area (Å²) in [4.78, 5) is 0. The second kappa shape index (κ2) is 2.98. The number of ether oxygens (including phenoxy) is 1. The van der Waals surface area contributed by atoms with Crippen LogP contribution in [0, 0.1) is 23.7 Å². The highest BCUT2D eigenvalue weighted by Gasteiger charge is 2.53. The Hall–Kier alpha value is -0.0400. The predicted molar refractivity (Wildman–Crippen MR) is 52.5 cm³/mol. The lowest BCUT2D eigenvalue weighted by atomic mass is 9.80. The van der Waals surface area contributed by atoms with Gasteiger partial charge in [-0.05, 0) is 56.3 Å². The van der Waals surface area contributed by atoms with Crippen LogP contribution in [0.5, 0.6) is 0 Å². The van der Waals surface area contributed by atoms with Gasteiger partial charge in [-0.25, -0.2) is 0 Å². The maximum atomic E-state index is 5.84. The monoisotopic (exact) mass is 180 g/mol. The minimum Gasteiger partial charge on any atom is -0.378 e. The lowest BCUT2D eigenvalue weighted by Gasteiger charge is -2.31. The first-order valence-electron chi connectivity index (χ1n) is 6.01. The molecule has 0 heterocycles. The quantitative estimate of drug-likeness (QED) is 0.635. The van der Waals surface area contributed by atoms with Crippen LogP contribution < -0.4 is 0 Å². The van der Waals surface area contributed by atoms with Gasteiger partial charge in [-0.1, -0.05) is 6.42 Å². The van der Waals surface area contributed by atoms with Crippen LogP contribution in [-0.2, 0) is 4.74 Å². The van der Waals surface area contributed by atoms with Crippen LogP contribution in [0.2, 0.25) is 0 Å². The first-order valence-corrected chi connectivity index (χ1v) is 6.01. The number of hydrogen-bond donors (Lipinski definition) is 0. The van der Waals surface area contributed by atoms with Crippen LogP contribution in [0.25, 0.3) is 0 Å². The van der Waals surface area contributed by atoms with Crippen molar-refractivity contribution in [3.8, 4) is 0 Å². The largest absolute Gasteiger partial charge is 0.378 e. The van der Waals surface area contributed by atoms with E-state index in [0.29, 0.717) is 6.10 Å². The molecule has 0 aliphatic heterocycles. The fraction of sp³-hybridized carbons (Fsp3) is 1.00. The van der Waals surface area contributed by atoms with Crippen LogP contribution >= 0.6 is 0 Å². The Kier molecular flexibility index (Phi) is 1.90. The van der Waals surface area contributed by atoms with Gasteiger partial charge in [0, 0.05) is 6.61 Å². The molecule has 0 radical (unpaired) electrons. The second-order valence-corrected chi connectivity index (χ2v) is 5.15. The Labute approximate surface area is 80.8 Å². The molecule has 0 aromatic heterocycles. The minimum atomic E-state index is 0.648. The Morgan fingerprint density at radius 1 is 1.08 bits per heavy atom. The smallest absolute Gasteiger partial charge is 0.0608 e. The lowest BCUT2D eigenvalue weighted by molar-refractivity contribution is -0.00383. The molecule has 3 aliphatic carbocycles. The van der Waals surface area contributed by atoms with E-state index in [-0.39, 0.29) is 0 Å². The number of fused-ring (bicyclic) bond motifs is 5. The fourth-order valence-corrected chi connectivity index (χ4v) is 4.41. The van der Waals surface area contributed by atoms with Crippen LogP contribution in [0.15, 0.2) is 0 Å². The van der Waals surface area contributed by atoms with E-state index in [1.54, 1.807) is 0 Å². The topological polar surface area (TPSA) is 9.23 Å². The molecular formula is C12H20O. The summed E-state index contributed by atoms with van der Waals surface area (Å²) in [6.45, 7) is 3.06. The normalized spacial score (nSPS) is 52.8. The molecule has 74 valence electrons. The van der Waals surface area contributed by atoms with Crippen molar-refractivity contribution in [2.24, 2.45) is 23.7 Å². The molecule has 0 aromatic carbocycles. The third-order valence-electron chi connectivity index (χ3n) is 4.75. The Morgan fingerprint density at radius 3 is 2.77 bits per heavy atom. The summed E-state index contributed by atoms with van der Waals surface area (Å²) in [5.41, 5.74) is 0. The Balaban J connectivity index is 1.74. The molecular weight excluding hydrogens is 160 g/mol. The van der Waals surface area contributed by atoms with E-state index in [0.717, 1.165) is 30.3 Å². The summed E-state index contributed by atoms with van der Waals surface area (Å²) in [5.74, 6) is 4.18. The van der Waals surface area contributed by atoms with Crippen molar-refractivity contribution in [3.05, 3.63) is 0 Å². The van der Waals surface area contributed by atoms with Gasteiger partial charge in [0.05, 0.1) is 6.10 Å². The summed E-state index contributed by atoms with van der Waals surface area (Å²) in [6.07, 6.45) is 8.08. The van der Waals surface area contributed by atoms with E-state index in [2.05, 4.69) is 6.92 Å².